The molecule has 0 saturated heterocycles. The summed E-state index contributed by atoms with van der Waals surface area (Å²) in [6.45, 7) is 9.68. The lowest BCUT2D eigenvalue weighted by Crippen LogP contribution is -2.42. The Hall–Kier alpha value is -1.05. The topological polar surface area (TPSA) is 62.5 Å². The van der Waals surface area contributed by atoms with Gasteiger partial charge in [0.25, 0.3) is 0 Å². The van der Waals surface area contributed by atoms with E-state index < -0.39 is 0 Å². The molecule has 0 spiro atoms. The van der Waals surface area contributed by atoms with Gasteiger partial charge in [-0.2, -0.15) is 0 Å². The number of nitrogens with one attached hydrogen (secondary N) is 2. The van der Waals surface area contributed by atoms with Crippen molar-refractivity contribution < 1.29 is 4.42 Å². The van der Waals surface area contributed by atoms with E-state index in [4.69, 9.17) is 4.42 Å². The van der Waals surface area contributed by atoms with Crippen LogP contribution in [0.4, 0.5) is 0 Å². The summed E-state index contributed by atoms with van der Waals surface area (Å²) in [6.07, 6.45) is 8.30. The summed E-state index contributed by atoms with van der Waals surface area (Å²) in [5, 5.41) is 6.69. The fourth-order valence-electron chi connectivity index (χ4n) is 2.13. The average Bonchev–Trinajstić information content (AvgIpc) is 3.06. The van der Waals surface area contributed by atoms with Gasteiger partial charge >= 0.3 is 0 Å². The third-order valence-electron chi connectivity index (χ3n) is 3.36. The second-order valence-corrected chi connectivity index (χ2v) is 6.35. The summed E-state index contributed by atoms with van der Waals surface area (Å²) in [7, 11) is 0. The predicted molar refractivity (Wildman–Crippen MR) is 101 cm³/mol. The van der Waals surface area contributed by atoms with Gasteiger partial charge in [0.05, 0.1) is 6.20 Å². The molecule has 0 atom stereocenters. The highest BCUT2D eigenvalue weighted by molar-refractivity contribution is 14.0. The van der Waals surface area contributed by atoms with Crippen LogP contribution < -0.4 is 10.6 Å². The van der Waals surface area contributed by atoms with Crippen molar-refractivity contribution in [3.05, 3.63) is 30.0 Å². The Morgan fingerprint density at radius 2 is 2.05 bits per heavy atom. The largest absolute Gasteiger partial charge is 0.443 e. The van der Waals surface area contributed by atoms with Crippen LogP contribution in [-0.4, -0.2) is 23.5 Å². The highest BCUT2D eigenvalue weighted by Gasteiger charge is 2.19. The second-order valence-electron chi connectivity index (χ2n) is 6.35. The van der Waals surface area contributed by atoms with E-state index >= 15 is 0 Å². The second kappa shape index (κ2) is 8.55. The van der Waals surface area contributed by atoms with Crippen LogP contribution in [0.3, 0.4) is 0 Å². The van der Waals surface area contributed by atoms with Crippen LogP contribution in [0.25, 0.3) is 0 Å². The molecule has 0 amide bonds. The van der Waals surface area contributed by atoms with Crippen molar-refractivity contribution in [3.8, 4) is 0 Å². The Bertz CT molecular complexity index is 508. The first-order chi connectivity index (χ1) is 9.99. The maximum atomic E-state index is 5.76. The summed E-state index contributed by atoms with van der Waals surface area (Å²) in [5.74, 6) is 2.37. The number of halogens is 1. The minimum Gasteiger partial charge on any atom is -0.443 e. The number of guanidine groups is 1. The molecule has 124 valence electrons. The van der Waals surface area contributed by atoms with E-state index in [1.165, 1.54) is 0 Å². The molecular formula is C16H27IN4O. The third kappa shape index (κ3) is 5.62. The van der Waals surface area contributed by atoms with Crippen LogP contribution in [0.2, 0.25) is 0 Å². The van der Waals surface area contributed by atoms with E-state index in [0.717, 1.165) is 31.1 Å². The molecule has 1 aliphatic rings. The fourth-order valence-corrected chi connectivity index (χ4v) is 2.13. The van der Waals surface area contributed by atoms with Crippen molar-refractivity contribution in [2.75, 3.05) is 6.54 Å². The quantitative estimate of drug-likeness (QED) is 0.341. The zero-order valence-electron chi connectivity index (χ0n) is 13.8. The molecule has 1 aliphatic carbocycles. The number of hydrogen-bond donors (Lipinski definition) is 2. The Kier molecular flexibility index (Phi) is 7.38. The molecular weight excluding hydrogens is 391 g/mol. The van der Waals surface area contributed by atoms with Gasteiger partial charge in [-0.05, 0) is 19.8 Å². The lowest BCUT2D eigenvalue weighted by molar-refractivity contribution is 0.383. The molecule has 0 radical (unpaired) electrons. The first-order valence-corrected chi connectivity index (χ1v) is 7.64. The normalized spacial score (nSPS) is 15.7. The van der Waals surface area contributed by atoms with E-state index in [2.05, 4.69) is 60.5 Å². The Labute approximate surface area is 150 Å². The van der Waals surface area contributed by atoms with Gasteiger partial charge in [0.15, 0.2) is 5.96 Å². The predicted octanol–water partition coefficient (Wildman–Crippen LogP) is 3.36. The van der Waals surface area contributed by atoms with Crippen molar-refractivity contribution in [1.82, 2.24) is 15.6 Å². The van der Waals surface area contributed by atoms with E-state index in [9.17, 15) is 0 Å². The molecule has 1 aromatic rings. The SMILES string of the molecule is CCNC(=NCc1ncc(C(C)(C)C)o1)NC1CC=CC1.I. The number of hydrogen-bond acceptors (Lipinski definition) is 3. The third-order valence-corrected chi connectivity index (χ3v) is 3.36. The van der Waals surface area contributed by atoms with Gasteiger partial charge in [0, 0.05) is 18.0 Å². The molecule has 1 aromatic heterocycles. The van der Waals surface area contributed by atoms with Gasteiger partial charge in [-0.3, -0.25) is 0 Å². The van der Waals surface area contributed by atoms with Gasteiger partial charge in [0.1, 0.15) is 12.3 Å². The highest BCUT2D eigenvalue weighted by atomic mass is 127. The molecule has 0 saturated carbocycles. The van der Waals surface area contributed by atoms with Crippen molar-refractivity contribution in [1.29, 1.82) is 0 Å². The van der Waals surface area contributed by atoms with Crippen LogP contribution in [0.5, 0.6) is 0 Å². The Balaban J connectivity index is 0.00000242. The summed E-state index contributed by atoms with van der Waals surface area (Å²) < 4.78 is 5.76. The lowest BCUT2D eigenvalue weighted by atomic mass is 9.94. The Morgan fingerprint density at radius 1 is 1.36 bits per heavy atom. The summed E-state index contributed by atoms with van der Waals surface area (Å²) in [4.78, 5) is 8.86. The van der Waals surface area contributed by atoms with Crippen LogP contribution in [-0.2, 0) is 12.0 Å². The number of aromatic nitrogens is 1. The van der Waals surface area contributed by atoms with Crippen LogP contribution in [0.1, 0.15) is 52.2 Å². The minimum absolute atomic E-state index is 0. The Morgan fingerprint density at radius 3 is 2.59 bits per heavy atom. The fraction of sp³-hybridized carbons (Fsp3) is 0.625. The van der Waals surface area contributed by atoms with Gasteiger partial charge in [0.2, 0.25) is 5.89 Å². The molecule has 2 rings (SSSR count). The summed E-state index contributed by atoms with van der Waals surface area (Å²) in [6, 6.07) is 0.442. The van der Waals surface area contributed by atoms with Crippen LogP contribution in [0, 0.1) is 0 Å². The number of rotatable bonds is 4. The maximum absolute atomic E-state index is 5.76. The van der Waals surface area contributed by atoms with Crippen molar-refractivity contribution in [2.45, 2.75) is 58.5 Å². The molecule has 0 bridgehead atoms. The van der Waals surface area contributed by atoms with Gasteiger partial charge in [-0.15, -0.1) is 24.0 Å². The van der Waals surface area contributed by atoms with Crippen molar-refractivity contribution in [3.63, 3.8) is 0 Å². The van der Waals surface area contributed by atoms with Gasteiger partial charge in [-0.1, -0.05) is 32.9 Å². The monoisotopic (exact) mass is 418 g/mol. The summed E-state index contributed by atoms with van der Waals surface area (Å²) >= 11 is 0. The van der Waals surface area contributed by atoms with Crippen LogP contribution in [0.15, 0.2) is 27.8 Å². The molecule has 6 heteroatoms. The first-order valence-electron chi connectivity index (χ1n) is 7.64. The lowest BCUT2D eigenvalue weighted by Gasteiger charge is -2.16. The highest BCUT2D eigenvalue weighted by Crippen LogP contribution is 2.22. The van der Waals surface area contributed by atoms with E-state index in [-0.39, 0.29) is 29.4 Å². The van der Waals surface area contributed by atoms with E-state index in [0.29, 0.717) is 18.5 Å². The zero-order valence-corrected chi connectivity index (χ0v) is 16.2. The van der Waals surface area contributed by atoms with E-state index in [1.807, 2.05) is 0 Å². The van der Waals surface area contributed by atoms with E-state index in [1.54, 1.807) is 6.20 Å². The molecule has 1 heterocycles. The van der Waals surface area contributed by atoms with Crippen LogP contribution >= 0.6 is 24.0 Å². The maximum Gasteiger partial charge on any atom is 0.216 e. The molecule has 0 aromatic carbocycles. The number of oxazole rings is 1. The average molecular weight is 418 g/mol. The molecule has 0 unspecified atom stereocenters. The van der Waals surface area contributed by atoms with Gasteiger partial charge < -0.3 is 15.1 Å². The molecule has 22 heavy (non-hydrogen) atoms. The minimum atomic E-state index is -0.0206. The number of aliphatic imine (C=N–C) groups is 1. The first kappa shape index (κ1) is 19.0. The number of nitrogens with zero attached hydrogens (tertiary/aromatic N) is 2. The molecule has 0 aliphatic heterocycles. The molecule has 2 N–H and O–H groups in total. The zero-order chi connectivity index (χ0) is 15.3. The van der Waals surface area contributed by atoms with Crippen molar-refractivity contribution >= 4 is 29.9 Å². The summed E-state index contributed by atoms with van der Waals surface area (Å²) in [5.41, 5.74) is -0.0206. The molecule has 0 fully saturated rings. The van der Waals surface area contributed by atoms with Gasteiger partial charge in [-0.25, -0.2) is 9.98 Å². The standard InChI is InChI=1S/C16H26N4O.HI/c1-5-17-15(20-12-8-6-7-9-12)19-11-14-18-10-13(21-14)16(2,3)4;/h6-7,10,12H,5,8-9,11H2,1-4H3,(H2,17,19,20);1H. The van der Waals surface area contributed by atoms with Crippen molar-refractivity contribution in [2.24, 2.45) is 4.99 Å². The molecule has 5 nitrogen and oxygen atoms in total. The smallest absolute Gasteiger partial charge is 0.216 e.